The van der Waals surface area contributed by atoms with Gasteiger partial charge in [-0.3, -0.25) is 14.8 Å². The molecule has 0 saturated carbocycles. The number of anilines is 1. The number of piperidine rings is 1. The van der Waals surface area contributed by atoms with E-state index in [1.807, 2.05) is 40.7 Å². The molecule has 7 rings (SSSR count). The molecule has 8 nitrogen and oxygen atoms in total. The Bertz CT molecular complexity index is 1830. The standard InChI is InChI=1S/C44H60FN5O3/c1-28-21-34(45)12-11-32(28)23-48-18-15-30-22-31(9-10-33(30)24-48)39-37(27-50-35-13-14-36(50)26-47(8)25-35)46-29(2)38(41(42(51)52)53-43(3,4)5)40(39)49-19-16-44(6,7)17-20-49/h9-12,21-22,35-36,41H,13-20,23-27H2,1-8H3,(H,51,52)/t35-,36+,41?. The van der Waals surface area contributed by atoms with Crippen molar-refractivity contribution in [3.05, 3.63) is 81.4 Å². The fourth-order valence-electron chi connectivity index (χ4n) is 9.35. The molecule has 286 valence electrons. The molecule has 1 unspecified atom stereocenters. The minimum Gasteiger partial charge on any atom is -0.479 e. The molecule has 3 fully saturated rings. The van der Waals surface area contributed by atoms with Crippen molar-refractivity contribution in [2.45, 2.75) is 124 Å². The topological polar surface area (TPSA) is 72.4 Å². The molecule has 1 N–H and O–H groups in total. The van der Waals surface area contributed by atoms with Gasteiger partial charge in [0.1, 0.15) is 5.82 Å². The fourth-order valence-corrected chi connectivity index (χ4v) is 9.35. The third-order valence-electron chi connectivity index (χ3n) is 12.3. The Labute approximate surface area is 316 Å². The maximum absolute atomic E-state index is 13.8. The van der Waals surface area contributed by atoms with Crippen molar-refractivity contribution in [1.29, 1.82) is 0 Å². The molecule has 1 aromatic heterocycles. The highest BCUT2D eigenvalue weighted by atomic mass is 19.1. The van der Waals surface area contributed by atoms with Gasteiger partial charge < -0.3 is 19.6 Å². The van der Waals surface area contributed by atoms with E-state index in [0.717, 1.165) is 111 Å². The minimum absolute atomic E-state index is 0.191. The van der Waals surface area contributed by atoms with Crippen LogP contribution in [-0.4, -0.2) is 88.2 Å². The molecule has 9 heteroatoms. The highest BCUT2D eigenvalue weighted by Gasteiger charge is 2.41. The lowest BCUT2D eigenvalue weighted by Crippen LogP contribution is -2.51. The number of likely N-dealkylation sites (tertiary alicyclic amines) is 1. The van der Waals surface area contributed by atoms with Crippen LogP contribution in [0.3, 0.4) is 0 Å². The number of hydrogen-bond donors (Lipinski definition) is 1. The summed E-state index contributed by atoms with van der Waals surface area (Å²) < 4.78 is 20.3. The van der Waals surface area contributed by atoms with Crippen molar-refractivity contribution in [2.75, 3.05) is 44.7 Å². The van der Waals surface area contributed by atoms with Crippen molar-refractivity contribution < 1.29 is 19.0 Å². The molecule has 0 spiro atoms. The van der Waals surface area contributed by atoms with Crippen LogP contribution in [0, 0.1) is 25.1 Å². The van der Waals surface area contributed by atoms with E-state index in [1.54, 1.807) is 12.1 Å². The Morgan fingerprint density at radius 2 is 1.70 bits per heavy atom. The molecular formula is C44H60FN5O3. The van der Waals surface area contributed by atoms with Gasteiger partial charge in [-0.1, -0.05) is 38.1 Å². The van der Waals surface area contributed by atoms with Gasteiger partial charge in [-0.25, -0.2) is 9.18 Å². The van der Waals surface area contributed by atoms with Crippen LogP contribution in [0.1, 0.15) is 106 Å². The number of hydrogen-bond acceptors (Lipinski definition) is 7. The van der Waals surface area contributed by atoms with Gasteiger partial charge in [-0.15, -0.1) is 0 Å². The molecule has 3 saturated heterocycles. The van der Waals surface area contributed by atoms with Crippen LogP contribution < -0.4 is 4.90 Å². The number of rotatable bonds is 9. The van der Waals surface area contributed by atoms with Gasteiger partial charge in [0.2, 0.25) is 0 Å². The normalized spacial score (nSPS) is 22.9. The van der Waals surface area contributed by atoms with Crippen molar-refractivity contribution in [2.24, 2.45) is 5.41 Å². The average Bonchev–Trinajstić information content (AvgIpc) is 3.31. The van der Waals surface area contributed by atoms with Gasteiger partial charge in [-0.05, 0) is 119 Å². The molecule has 53 heavy (non-hydrogen) atoms. The summed E-state index contributed by atoms with van der Waals surface area (Å²) in [6, 6.07) is 13.0. The molecule has 0 aliphatic carbocycles. The van der Waals surface area contributed by atoms with Gasteiger partial charge in [0, 0.05) is 81.3 Å². The summed E-state index contributed by atoms with van der Waals surface area (Å²) in [6.07, 6.45) is 4.20. The Morgan fingerprint density at radius 1 is 1.00 bits per heavy atom. The lowest BCUT2D eigenvalue weighted by Gasteiger charge is -2.42. The number of ether oxygens (including phenoxy) is 1. The number of likely N-dealkylation sites (N-methyl/N-ethyl adjacent to an activating group) is 1. The zero-order chi connectivity index (χ0) is 37.8. The van der Waals surface area contributed by atoms with Gasteiger partial charge in [0.05, 0.1) is 17.0 Å². The predicted octanol–water partition coefficient (Wildman–Crippen LogP) is 7.91. The first-order valence-electron chi connectivity index (χ1n) is 19.8. The summed E-state index contributed by atoms with van der Waals surface area (Å²) in [5.41, 5.74) is 9.96. The molecule has 3 aromatic rings. The smallest absolute Gasteiger partial charge is 0.337 e. The molecule has 2 bridgehead atoms. The van der Waals surface area contributed by atoms with E-state index in [9.17, 15) is 14.3 Å². The van der Waals surface area contributed by atoms with Crippen LogP contribution in [-0.2, 0) is 35.6 Å². The predicted molar refractivity (Wildman–Crippen MR) is 210 cm³/mol. The second-order valence-corrected chi connectivity index (χ2v) is 18.2. The van der Waals surface area contributed by atoms with Gasteiger partial charge in [0.25, 0.3) is 0 Å². The highest BCUT2D eigenvalue weighted by Crippen LogP contribution is 2.46. The van der Waals surface area contributed by atoms with E-state index in [1.165, 1.54) is 24.0 Å². The lowest BCUT2D eigenvalue weighted by atomic mass is 9.81. The van der Waals surface area contributed by atoms with E-state index in [4.69, 9.17) is 9.72 Å². The lowest BCUT2D eigenvalue weighted by molar-refractivity contribution is -0.160. The molecule has 5 heterocycles. The van der Waals surface area contributed by atoms with Crippen LogP contribution in [0.15, 0.2) is 36.4 Å². The first-order valence-corrected chi connectivity index (χ1v) is 19.8. The van der Waals surface area contributed by atoms with E-state index in [0.29, 0.717) is 17.6 Å². The number of fused-ring (bicyclic) bond motifs is 3. The number of nitrogens with zero attached hydrogens (tertiary/aromatic N) is 5. The Kier molecular flexibility index (Phi) is 10.5. The number of pyridine rings is 1. The quantitative estimate of drug-likeness (QED) is 0.239. The number of aromatic nitrogens is 1. The average molecular weight is 726 g/mol. The van der Waals surface area contributed by atoms with Crippen molar-refractivity contribution >= 4 is 11.7 Å². The largest absolute Gasteiger partial charge is 0.479 e. The zero-order valence-corrected chi connectivity index (χ0v) is 33.3. The number of halogens is 1. The van der Waals surface area contributed by atoms with Gasteiger partial charge in [-0.2, -0.15) is 0 Å². The van der Waals surface area contributed by atoms with E-state index >= 15 is 0 Å². The maximum atomic E-state index is 13.8. The Hall–Kier alpha value is -3.37. The number of carbonyl (C=O) groups is 1. The molecule has 3 atom stereocenters. The van der Waals surface area contributed by atoms with E-state index in [-0.39, 0.29) is 11.2 Å². The van der Waals surface area contributed by atoms with E-state index in [2.05, 4.69) is 58.7 Å². The maximum Gasteiger partial charge on any atom is 0.337 e. The summed E-state index contributed by atoms with van der Waals surface area (Å²) in [6.45, 7) is 21.5. The third kappa shape index (κ3) is 8.19. The van der Waals surface area contributed by atoms with Crippen LogP contribution in [0.2, 0.25) is 0 Å². The summed E-state index contributed by atoms with van der Waals surface area (Å²) in [5, 5.41) is 10.8. The number of carboxylic acids is 1. The Morgan fingerprint density at radius 3 is 2.34 bits per heavy atom. The van der Waals surface area contributed by atoms with Crippen molar-refractivity contribution in [3.8, 4) is 11.1 Å². The highest BCUT2D eigenvalue weighted by molar-refractivity contribution is 5.88. The second kappa shape index (κ2) is 14.7. The SMILES string of the molecule is Cc1cc(F)ccc1CN1CCc2cc(-c3c(CN4[C@@H]5CC[C@H]4CN(C)C5)nc(C)c(C(OC(C)(C)C)C(=O)O)c3N3CCC(C)(C)CC3)ccc2C1. The monoisotopic (exact) mass is 725 g/mol. The number of aryl methyl sites for hydroxylation is 2. The van der Waals surface area contributed by atoms with E-state index < -0.39 is 17.7 Å². The van der Waals surface area contributed by atoms with Crippen LogP contribution in [0.5, 0.6) is 0 Å². The fraction of sp³-hybridized carbons (Fsp3) is 0.591. The molecule has 2 aromatic carbocycles. The van der Waals surface area contributed by atoms with Crippen LogP contribution in [0.25, 0.3) is 11.1 Å². The van der Waals surface area contributed by atoms with Gasteiger partial charge in [0.15, 0.2) is 6.10 Å². The summed E-state index contributed by atoms with van der Waals surface area (Å²) in [7, 11) is 2.23. The summed E-state index contributed by atoms with van der Waals surface area (Å²) in [4.78, 5) is 28.7. The summed E-state index contributed by atoms with van der Waals surface area (Å²) in [5.74, 6) is -1.18. The van der Waals surface area contributed by atoms with Crippen molar-refractivity contribution in [3.63, 3.8) is 0 Å². The first kappa shape index (κ1) is 37.9. The Balaban J connectivity index is 1.35. The molecule has 0 amide bonds. The number of benzene rings is 2. The minimum atomic E-state index is -1.15. The van der Waals surface area contributed by atoms with Crippen LogP contribution in [0.4, 0.5) is 10.1 Å². The molecule has 0 radical (unpaired) electrons. The summed E-state index contributed by atoms with van der Waals surface area (Å²) >= 11 is 0. The molecule has 4 aliphatic heterocycles. The number of piperazine rings is 1. The third-order valence-corrected chi connectivity index (χ3v) is 12.3. The zero-order valence-electron chi connectivity index (χ0n) is 33.3. The number of aliphatic carboxylic acids is 1. The van der Waals surface area contributed by atoms with Crippen LogP contribution >= 0.6 is 0 Å². The van der Waals surface area contributed by atoms with Gasteiger partial charge >= 0.3 is 5.97 Å². The second-order valence-electron chi connectivity index (χ2n) is 18.2. The molecule has 4 aliphatic rings. The first-order chi connectivity index (χ1) is 25.0. The number of carboxylic acid groups (broad SMARTS) is 1. The molecular weight excluding hydrogens is 666 g/mol. The van der Waals surface area contributed by atoms with Crippen molar-refractivity contribution in [1.82, 2.24) is 19.7 Å².